The highest BCUT2D eigenvalue weighted by atomic mass is 32.2. The van der Waals surface area contributed by atoms with Crippen molar-refractivity contribution in [3.05, 3.63) is 11.8 Å². The zero-order valence-corrected chi connectivity index (χ0v) is 7.18. The standard InChI is InChI=1S/C6H9NO3S/c1-5-3-6(8)4-11(9,10)7(5)2/h3H,4H2,1-2H3. The molecule has 0 radical (unpaired) electrons. The molecule has 0 saturated heterocycles. The Labute approximate surface area is 65.6 Å². The van der Waals surface area contributed by atoms with Gasteiger partial charge in [0.1, 0.15) is 5.75 Å². The third-order valence-electron chi connectivity index (χ3n) is 1.61. The maximum absolute atomic E-state index is 11.1. The van der Waals surface area contributed by atoms with Gasteiger partial charge < -0.3 is 0 Å². The molecule has 1 aliphatic rings. The number of allylic oxidation sites excluding steroid dienone is 2. The van der Waals surface area contributed by atoms with E-state index in [1.54, 1.807) is 6.92 Å². The number of carbonyl (C=O) groups is 1. The smallest absolute Gasteiger partial charge is 0.242 e. The van der Waals surface area contributed by atoms with Gasteiger partial charge in [0.25, 0.3) is 0 Å². The first-order chi connectivity index (χ1) is 4.93. The zero-order chi connectivity index (χ0) is 8.65. The average molecular weight is 175 g/mol. The quantitative estimate of drug-likeness (QED) is 0.509. The number of nitrogens with zero attached hydrogens (tertiary/aromatic N) is 1. The highest BCUT2D eigenvalue weighted by molar-refractivity contribution is 7.90. The highest BCUT2D eigenvalue weighted by Gasteiger charge is 2.26. The summed E-state index contributed by atoms with van der Waals surface area (Å²) in [4.78, 5) is 10.8. The van der Waals surface area contributed by atoms with E-state index in [0.717, 1.165) is 4.31 Å². The van der Waals surface area contributed by atoms with Crippen LogP contribution >= 0.6 is 0 Å². The van der Waals surface area contributed by atoms with Crippen LogP contribution in [0, 0.1) is 0 Å². The molecular weight excluding hydrogens is 166 g/mol. The molecule has 0 spiro atoms. The Balaban J connectivity index is 3.16. The van der Waals surface area contributed by atoms with Crippen LogP contribution in [0.15, 0.2) is 11.8 Å². The van der Waals surface area contributed by atoms with Crippen molar-refractivity contribution in [1.82, 2.24) is 4.31 Å². The molecule has 4 nitrogen and oxygen atoms in total. The summed E-state index contributed by atoms with van der Waals surface area (Å²) < 4.78 is 23.3. The minimum atomic E-state index is -3.34. The van der Waals surface area contributed by atoms with Gasteiger partial charge in [0.15, 0.2) is 5.78 Å². The topological polar surface area (TPSA) is 54.5 Å². The summed E-state index contributed by atoms with van der Waals surface area (Å²) in [6, 6.07) is 0. The summed E-state index contributed by atoms with van der Waals surface area (Å²) in [7, 11) is -1.91. The summed E-state index contributed by atoms with van der Waals surface area (Å²) >= 11 is 0. The van der Waals surface area contributed by atoms with Crippen LogP contribution in [0.1, 0.15) is 6.92 Å². The lowest BCUT2D eigenvalue weighted by Gasteiger charge is -2.22. The largest absolute Gasteiger partial charge is 0.294 e. The summed E-state index contributed by atoms with van der Waals surface area (Å²) in [6.45, 7) is 1.59. The van der Waals surface area contributed by atoms with E-state index in [1.165, 1.54) is 13.1 Å². The van der Waals surface area contributed by atoms with Gasteiger partial charge in [-0.05, 0) is 6.92 Å². The SMILES string of the molecule is CC1=CC(=O)CS(=O)(=O)N1C. The Morgan fingerprint density at radius 2 is 2.09 bits per heavy atom. The molecule has 0 aliphatic carbocycles. The van der Waals surface area contributed by atoms with E-state index in [1.807, 2.05) is 0 Å². The lowest BCUT2D eigenvalue weighted by atomic mass is 10.3. The first kappa shape index (κ1) is 8.26. The number of ketones is 1. The van der Waals surface area contributed by atoms with Gasteiger partial charge in [-0.25, -0.2) is 8.42 Å². The van der Waals surface area contributed by atoms with Crippen LogP contribution in [0.4, 0.5) is 0 Å². The number of hydrogen-bond acceptors (Lipinski definition) is 3. The van der Waals surface area contributed by atoms with E-state index in [-0.39, 0.29) is 5.78 Å². The maximum Gasteiger partial charge on any atom is 0.242 e. The van der Waals surface area contributed by atoms with Crippen LogP contribution in [0.2, 0.25) is 0 Å². The molecule has 62 valence electrons. The van der Waals surface area contributed by atoms with E-state index >= 15 is 0 Å². The molecule has 11 heavy (non-hydrogen) atoms. The minimum absolute atomic E-state index is 0.347. The molecule has 0 N–H and O–H groups in total. The molecule has 0 aromatic carbocycles. The predicted molar refractivity (Wildman–Crippen MR) is 40.3 cm³/mol. The Hall–Kier alpha value is -0.840. The fourth-order valence-electron chi connectivity index (χ4n) is 0.862. The molecular formula is C6H9NO3S. The van der Waals surface area contributed by atoms with E-state index in [9.17, 15) is 13.2 Å². The molecule has 1 rings (SSSR count). The summed E-state index contributed by atoms with van der Waals surface area (Å²) in [5, 5.41) is 0. The lowest BCUT2D eigenvalue weighted by molar-refractivity contribution is -0.112. The van der Waals surface area contributed by atoms with Gasteiger partial charge in [0.05, 0.1) is 0 Å². The molecule has 0 amide bonds. The second-order valence-corrected chi connectivity index (χ2v) is 4.48. The number of sulfonamides is 1. The molecule has 5 heteroatoms. The third-order valence-corrected chi connectivity index (χ3v) is 3.38. The van der Waals surface area contributed by atoms with Crippen molar-refractivity contribution >= 4 is 15.8 Å². The molecule has 0 saturated carbocycles. The van der Waals surface area contributed by atoms with Crippen molar-refractivity contribution < 1.29 is 13.2 Å². The van der Waals surface area contributed by atoms with Crippen LogP contribution in [0.25, 0.3) is 0 Å². The molecule has 1 aliphatic heterocycles. The van der Waals surface area contributed by atoms with Gasteiger partial charge in [0, 0.05) is 18.8 Å². The van der Waals surface area contributed by atoms with Crippen molar-refractivity contribution in [2.45, 2.75) is 6.92 Å². The summed E-state index contributed by atoms with van der Waals surface area (Å²) in [6.07, 6.45) is 1.33. The molecule has 0 aromatic rings. The molecule has 0 aromatic heterocycles. The normalized spacial score (nSPS) is 23.3. The fraction of sp³-hybridized carbons (Fsp3) is 0.500. The second-order valence-electron chi connectivity index (χ2n) is 2.48. The first-order valence-electron chi connectivity index (χ1n) is 3.11. The lowest BCUT2D eigenvalue weighted by Crippen LogP contribution is -2.34. The summed E-state index contributed by atoms with van der Waals surface area (Å²) in [5.74, 6) is -0.749. The van der Waals surface area contributed by atoms with E-state index < -0.39 is 15.8 Å². The van der Waals surface area contributed by atoms with Crippen molar-refractivity contribution in [3.8, 4) is 0 Å². The highest BCUT2D eigenvalue weighted by Crippen LogP contribution is 2.13. The van der Waals surface area contributed by atoms with Crippen LogP contribution in [0.5, 0.6) is 0 Å². The Morgan fingerprint density at radius 1 is 1.55 bits per heavy atom. The summed E-state index contributed by atoms with van der Waals surface area (Å²) in [5.41, 5.74) is 0.473. The average Bonchev–Trinajstić information content (AvgIpc) is 1.81. The van der Waals surface area contributed by atoms with Crippen molar-refractivity contribution in [2.24, 2.45) is 0 Å². The van der Waals surface area contributed by atoms with Gasteiger partial charge in [-0.1, -0.05) is 0 Å². The van der Waals surface area contributed by atoms with Crippen molar-refractivity contribution in [3.63, 3.8) is 0 Å². The molecule has 0 unspecified atom stereocenters. The zero-order valence-electron chi connectivity index (χ0n) is 6.36. The van der Waals surface area contributed by atoms with E-state index in [2.05, 4.69) is 0 Å². The van der Waals surface area contributed by atoms with Gasteiger partial charge in [0.2, 0.25) is 10.0 Å². The van der Waals surface area contributed by atoms with Crippen LogP contribution < -0.4 is 0 Å². The monoisotopic (exact) mass is 175 g/mol. The Kier molecular flexibility index (Phi) is 1.75. The van der Waals surface area contributed by atoms with Crippen LogP contribution in [-0.2, 0) is 14.8 Å². The molecule has 1 heterocycles. The van der Waals surface area contributed by atoms with E-state index in [4.69, 9.17) is 0 Å². The molecule has 0 fully saturated rings. The Bertz CT molecular complexity index is 315. The third kappa shape index (κ3) is 1.42. The van der Waals surface area contributed by atoms with Crippen LogP contribution in [-0.4, -0.2) is 31.3 Å². The Morgan fingerprint density at radius 3 is 2.55 bits per heavy atom. The van der Waals surface area contributed by atoms with Crippen molar-refractivity contribution in [1.29, 1.82) is 0 Å². The van der Waals surface area contributed by atoms with Gasteiger partial charge in [-0.15, -0.1) is 0 Å². The van der Waals surface area contributed by atoms with Gasteiger partial charge >= 0.3 is 0 Å². The van der Waals surface area contributed by atoms with Gasteiger partial charge in [-0.3, -0.25) is 9.10 Å². The number of rotatable bonds is 0. The number of carbonyl (C=O) groups excluding carboxylic acids is 1. The molecule has 0 atom stereocenters. The molecule has 0 bridgehead atoms. The maximum atomic E-state index is 11.1. The van der Waals surface area contributed by atoms with Crippen LogP contribution in [0.3, 0.4) is 0 Å². The first-order valence-corrected chi connectivity index (χ1v) is 4.72. The number of hydrogen-bond donors (Lipinski definition) is 0. The predicted octanol–water partition coefficient (Wildman–Crippen LogP) is -0.266. The minimum Gasteiger partial charge on any atom is -0.294 e. The fourth-order valence-corrected chi connectivity index (χ4v) is 1.99. The van der Waals surface area contributed by atoms with Gasteiger partial charge in [-0.2, -0.15) is 0 Å². The second kappa shape index (κ2) is 2.34. The van der Waals surface area contributed by atoms with E-state index in [0.29, 0.717) is 5.70 Å². The van der Waals surface area contributed by atoms with Crippen molar-refractivity contribution in [2.75, 3.05) is 12.8 Å².